The molecule has 1 aliphatic heterocycles. The van der Waals surface area contributed by atoms with Crippen LogP contribution < -0.4 is 0 Å². The van der Waals surface area contributed by atoms with Crippen LogP contribution in [0.1, 0.15) is 53.4 Å². The third-order valence-electron chi connectivity index (χ3n) is 4.75. The molecule has 1 rings (SSSR count). The summed E-state index contributed by atoms with van der Waals surface area (Å²) < 4.78 is 5.22. The first kappa shape index (κ1) is 15.6. The van der Waals surface area contributed by atoms with Gasteiger partial charge in [-0.2, -0.15) is 0 Å². The Labute approximate surface area is 112 Å². The summed E-state index contributed by atoms with van der Waals surface area (Å²) in [4.78, 5) is 14.4. The fourth-order valence-corrected chi connectivity index (χ4v) is 2.34. The maximum atomic E-state index is 12.0. The molecule has 0 aromatic carbocycles. The molecule has 0 unspecified atom stereocenters. The van der Waals surface area contributed by atoms with E-state index in [2.05, 4.69) is 18.7 Å². The average Bonchev–Trinajstić information content (AvgIpc) is 2.37. The molecule has 106 valence electrons. The minimum atomic E-state index is -0.631. The summed E-state index contributed by atoms with van der Waals surface area (Å²) in [6, 6.07) is 0. The van der Waals surface area contributed by atoms with Gasteiger partial charge in [-0.15, -0.1) is 0 Å². The number of methoxy groups -OCH3 is 1. The SMILES string of the molecule is CCC1(C)CCN(CCC(=O)C(C)(C)OC)CC1. The molecular weight excluding hydrogens is 226 g/mol. The van der Waals surface area contributed by atoms with Gasteiger partial charge in [-0.1, -0.05) is 20.3 Å². The van der Waals surface area contributed by atoms with Crippen LogP contribution in [0.15, 0.2) is 0 Å². The highest BCUT2D eigenvalue weighted by molar-refractivity contribution is 5.86. The van der Waals surface area contributed by atoms with Gasteiger partial charge < -0.3 is 9.64 Å². The number of ether oxygens (including phenoxy) is 1. The highest BCUT2D eigenvalue weighted by Crippen LogP contribution is 2.33. The molecule has 0 N–H and O–H groups in total. The zero-order valence-electron chi connectivity index (χ0n) is 12.7. The number of carbonyl (C=O) groups excluding carboxylic acids is 1. The second-order valence-corrected chi connectivity index (χ2v) is 6.39. The minimum absolute atomic E-state index is 0.203. The monoisotopic (exact) mass is 255 g/mol. The predicted molar refractivity (Wildman–Crippen MR) is 74.8 cm³/mol. The standard InChI is InChI=1S/C15H29NO2/c1-6-15(4)8-11-16(12-9-15)10-7-13(17)14(2,3)18-5/h6-12H2,1-5H3. The lowest BCUT2D eigenvalue weighted by Crippen LogP contribution is -2.41. The molecule has 18 heavy (non-hydrogen) atoms. The summed E-state index contributed by atoms with van der Waals surface area (Å²) >= 11 is 0. The first-order valence-electron chi connectivity index (χ1n) is 7.14. The van der Waals surface area contributed by atoms with Crippen LogP contribution >= 0.6 is 0 Å². The molecule has 0 aliphatic carbocycles. The van der Waals surface area contributed by atoms with Crippen molar-refractivity contribution in [3.05, 3.63) is 0 Å². The third-order valence-corrected chi connectivity index (χ3v) is 4.75. The van der Waals surface area contributed by atoms with Crippen molar-refractivity contribution < 1.29 is 9.53 Å². The van der Waals surface area contributed by atoms with Gasteiger partial charge in [0.1, 0.15) is 5.60 Å². The highest BCUT2D eigenvalue weighted by atomic mass is 16.5. The lowest BCUT2D eigenvalue weighted by molar-refractivity contribution is -0.137. The van der Waals surface area contributed by atoms with Crippen molar-refractivity contribution in [3.8, 4) is 0 Å². The summed E-state index contributed by atoms with van der Waals surface area (Å²) in [6.45, 7) is 11.5. The van der Waals surface area contributed by atoms with E-state index < -0.39 is 5.60 Å². The van der Waals surface area contributed by atoms with E-state index in [-0.39, 0.29) is 5.78 Å². The zero-order valence-corrected chi connectivity index (χ0v) is 12.7. The summed E-state index contributed by atoms with van der Waals surface area (Å²) in [6.07, 6.45) is 4.37. The number of hydrogen-bond donors (Lipinski definition) is 0. The number of ketones is 1. The van der Waals surface area contributed by atoms with Crippen LogP contribution in [0.4, 0.5) is 0 Å². The molecule has 1 heterocycles. The van der Waals surface area contributed by atoms with E-state index in [0.29, 0.717) is 11.8 Å². The molecule has 0 saturated carbocycles. The van der Waals surface area contributed by atoms with Crippen molar-refractivity contribution in [2.75, 3.05) is 26.7 Å². The fourth-order valence-electron chi connectivity index (χ4n) is 2.34. The molecule has 0 amide bonds. The van der Waals surface area contributed by atoms with Gasteiger partial charge in [0.25, 0.3) is 0 Å². The van der Waals surface area contributed by atoms with Crippen molar-refractivity contribution >= 4 is 5.78 Å². The summed E-state index contributed by atoms with van der Waals surface area (Å²) in [5, 5.41) is 0. The van der Waals surface area contributed by atoms with E-state index in [4.69, 9.17) is 4.74 Å². The number of rotatable bonds is 6. The molecular formula is C15H29NO2. The second-order valence-electron chi connectivity index (χ2n) is 6.39. The fraction of sp³-hybridized carbons (Fsp3) is 0.933. The Hall–Kier alpha value is -0.410. The molecule has 3 nitrogen and oxygen atoms in total. The molecule has 1 saturated heterocycles. The van der Waals surface area contributed by atoms with Crippen molar-refractivity contribution in [1.29, 1.82) is 0 Å². The molecule has 0 aromatic rings. The largest absolute Gasteiger partial charge is 0.371 e. The zero-order chi connectivity index (χ0) is 13.8. The summed E-state index contributed by atoms with van der Waals surface area (Å²) in [7, 11) is 1.60. The van der Waals surface area contributed by atoms with E-state index in [1.165, 1.54) is 19.3 Å². The molecule has 0 radical (unpaired) electrons. The van der Waals surface area contributed by atoms with Crippen LogP contribution in [0.5, 0.6) is 0 Å². The third kappa shape index (κ3) is 4.06. The average molecular weight is 255 g/mol. The molecule has 0 bridgehead atoms. The van der Waals surface area contributed by atoms with Gasteiger partial charge in [0.15, 0.2) is 5.78 Å². The van der Waals surface area contributed by atoms with Crippen LogP contribution in [0.25, 0.3) is 0 Å². The lowest BCUT2D eigenvalue weighted by Gasteiger charge is -2.39. The smallest absolute Gasteiger partial charge is 0.165 e. The second kappa shape index (κ2) is 6.16. The number of hydrogen-bond acceptors (Lipinski definition) is 3. The van der Waals surface area contributed by atoms with Gasteiger partial charge in [-0.05, 0) is 45.2 Å². The van der Waals surface area contributed by atoms with E-state index in [1.54, 1.807) is 7.11 Å². The predicted octanol–water partition coefficient (Wildman–Crippen LogP) is 2.88. The maximum absolute atomic E-state index is 12.0. The molecule has 0 atom stereocenters. The Bertz CT molecular complexity index is 278. The van der Waals surface area contributed by atoms with E-state index in [0.717, 1.165) is 19.6 Å². The number of likely N-dealkylation sites (tertiary alicyclic amines) is 1. The Morgan fingerprint density at radius 1 is 1.33 bits per heavy atom. The topological polar surface area (TPSA) is 29.5 Å². The van der Waals surface area contributed by atoms with Crippen molar-refractivity contribution in [3.63, 3.8) is 0 Å². The van der Waals surface area contributed by atoms with Crippen LogP contribution in [-0.4, -0.2) is 43.0 Å². The number of carbonyl (C=O) groups is 1. The molecule has 1 fully saturated rings. The number of piperidine rings is 1. The van der Waals surface area contributed by atoms with Crippen LogP contribution in [0.3, 0.4) is 0 Å². The van der Waals surface area contributed by atoms with Gasteiger partial charge in [-0.25, -0.2) is 0 Å². The van der Waals surface area contributed by atoms with Gasteiger partial charge in [0, 0.05) is 20.1 Å². The lowest BCUT2D eigenvalue weighted by atomic mass is 9.78. The molecule has 0 aromatic heterocycles. The van der Waals surface area contributed by atoms with Gasteiger partial charge in [0.05, 0.1) is 0 Å². The Morgan fingerprint density at radius 3 is 2.33 bits per heavy atom. The Morgan fingerprint density at radius 2 is 1.89 bits per heavy atom. The quantitative estimate of drug-likeness (QED) is 0.731. The molecule has 0 spiro atoms. The maximum Gasteiger partial charge on any atom is 0.165 e. The normalized spacial score (nSPS) is 20.9. The van der Waals surface area contributed by atoms with Crippen molar-refractivity contribution in [2.45, 2.75) is 59.0 Å². The minimum Gasteiger partial charge on any atom is -0.371 e. The Kier molecular flexibility index (Phi) is 5.35. The molecule has 3 heteroatoms. The summed E-state index contributed by atoms with van der Waals surface area (Å²) in [5.41, 5.74) is -0.111. The number of nitrogens with zero attached hydrogens (tertiary/aromatic N) is 1. The van der Waals surface area contributed by atoms with E-state index in [1.807, 2.05) is 13.8 Å². The summed E-state index contributed by atoms with van der Waals surface area (Å²) in [5.74, 6) is 0.203. The van der Waals surface area contributed by atoms with Crippen molar-refractivity contribution in [1.82, 2.24) is 4.90 Å². The van der Waals surface area contributed by atoms with Crippen molar-refractivity contribution in [2.24, 2.45) is 5.41 Å². The van der Waals surface area contributed by atoms with E-state index in [9.17, 15) is 4.79 Å². The van der Waals surface area contributed by atoms with Gasteiger partial charge in [-0.3, -0.25) is 4.79 Å². The first-order chi connectivity index (χ1) is 8.33. The number of Topliss-reactive ketones (excluding diaryl/α,β-unsaturated/α-hetero) is 1. The van der Waals surface area contributed by atoms with Crippen LogP contribution in [0.2, 0.25) is 0 Å². The Balaban J connectivity index is 2.32. The van der Waals surface area contributed by atoms with Gasteiger partial charge >= 0.3 is 0 Å². The first-order valence-corrected chi connectivity index (χ1v) is 7.14. The van der Waals surface area contributed by atoms with Gasteiger partial charge in [0.2, 0.25) is 0 Å². The van der Waals surface area contributed by atoms with E-state index >= 15 is 0 Å². The molecule has 1 aliphatic rings. The van der Waals surface area contributed by atoms with Crippen LogP contribution in [0, 0.1) is 5.41 Å². The highest BCUT2D eigenvalue weighted by Gasteiger charge is 2.30. The van der Waals surface area contributed by atoms with Crippen LogP contribution in [-0.2, 0) is 9.53 Å².